The first-order chi connectivity index (χ1) is 7.58. The Hall–Kier alpha value is -0.450. The van der Waals surface area contributed by atoms with Crippen LogP contribution in [0.5, 0.6) is 0 Å². The predicted octanol–water partition coefficient (Wildman–Crippen LogP) is 4.64. The van der Waals surface area contributed by atoms with E-state index in [9.17, 15) is 8.78 Å². The summed E-state index contributed by atoms with van der Waals surface area (Å²) in [6, 6.07) is 2.79. The molecule has 0 spiro atoms. The molecule has 2 rings (SSSR count). The van der Waals surface area contributed by atoms with E-state index in [2.05, 4.69) is 6.92 Å². The number of hydrogen-bond acceptors (Lipinski definition) is 0. The van der Waals surface area contributed by atoms with Gasteiger partial charge < -0.3 is 0 Å². The lowest BCUT2D eigenvalue weighted by atomic mass is 9.83. The van der Waals surface area contributed by atoms with Crippen molar-refractivity contribution in [2.45, 2.75) is 25.7 Å². The van der Waals surface area contributed by atoms with Crippen molar-refractivity contribution in [3.8, 4) is 0 Å². The van der Waals surface area contributed by atoms with Crippen LogP contribution in [0.15, 0.2) is 24.3 Å². The minimum atomic E-state index is -0.423. The first-order valence-corrected chi connectivity index (χ1v) is 6.47. The van der Waals surface area contributed by atoms with Gasteiger partial charge in [-0.25, -0.2) is 8.78 Å². The van der Waals surface area contributed by atoms with Gasteiger partial charge in [0.15, 0.2) is 0 Å². The van der Waals surface area contributed by atoms with Gasteiger partial charge in [0.05, 0.1) is 0 Å². The normalized spacial score (nSPS) is 24.8. The first-order valence-electron chi connectivity index (χ1n) is 5.39. The van der Waals surface area contributed by atoms with Crippen molar-refractivity contribution >= 4 is 22.6 Å². The van der Waals surface area contributed by atoms with E-state index >= 15 is 0 Å². The molecule has 0 saturated heterocycles. The van der Waals surface area contributed by atoms with Crippen molar-refractivity contribution < 1.29 is 8.78 Å². The SMILES string of the molecule is CC1CC=CC(c2c(F)cc(I)cc2F)C1. The maximum atomic E-state index is 13.7. The highest BCUT2D eigenvalue weighted by Gasteiger charge is 2.22. The van der Waals surface area contributed by atoms with Gasteiger partial charge in [-0.15, -0.1) is 0 Å². The third kappa shape index (κ3) is 2.44. The lowest BCUT2D eigenvalue weighted by Crippen LogP contribution is -2.10. The van der Waals surface area contributed by atoms with Gasteiger partial charge in [-0.05, 0) is 53.5 Å². The quantitative estimate of drug-likeness (QED) is 0.518. The van der Waals surface area contributed by atoms with E-state index in [1.807, 2.05) is 34.7 Å². The van der Waals surface area contributed by atoms with Crippen LogP contribution in [-0.4, -0.2) is 0 Å². The molecule has 0 saturated carbocycles. The van der Waals surface area contributed by atoms with E-state index in [4.69, 9.17) is 0 Å². The molecular formula is C13H13F2I. The molecule has 0 nitrogen and oxygen atoms in total. The van der Waals surface area contributed by atoms with Gasteiger partial charge in [-0.2, -0.15) is 0 Å². The molecule has 2 unspecified atom stereocenters. The molecule has 0 bridgehead atoms. The Morgan fingerprint density at radius 2 is 1.88 bits per heavy atom. The second-order valence-electron chi connectivity index (χ2n) is 4.39. The molecule has 0 aliphatic heterocycles. The van der Waals surface area contributed by atoms with Crippen molar-refractivity contribution in [3.05, 3.63) is 45.1 Å². The second kappa shape index (κ2) is 4.82. The van der Waals surface area contributed by atoms with Crippen molar-refractivity contribution in [2.75, 3.05) is 0 Å². The van der Waals surface area contributed by atoms with Crippen LogP contribution in [0.3, 0.4) is 0 Å². The van der Waals surface area contributed by atoms with Crippen molar-refractivity contribution in [1.82, 2.24) is 0 Å². The fraction of sp³-hybridized carbons (Fsp3) is 0.385. The average Bonchev–Trinajstić information content (AvgIpc) is 2.15. The molecule has 1 aliphatic rings. The fourth-order valence-corrected chi connectivity index (χ4v) is 2.75. The van der Waals surface area contributed by atoms with Gasteiger partial charge in [-0.3, -0.25) is 0 Å². The van der Waals surface area contributed by atoms with Crippen LogP contribution in [0.4, 0.5) is 8.78 Å². The predicted molar refractivity (Wildman–Crippen MR) is 69.4 cm³/mol. The van der Waals surface area contributed by atoms with Crippen molar-refractivity contribution in [1.29, 1.82) is 0 Å². The molecule has 3 heteroatoms. The molecule has 0 aromatic heterocycles. The Balaban J connectivity index is 2.40. The summed E-state index contributed by atoms with van der Waals surface area (Å²) in [4.78, 5) is 0. The lowest BCUT2D eigenvalue weighted by Gasteiger charge is -2.22. The minimum Gasteiger partial charge on any atom is -0.207 e. The van der Waals surface area contributed by atoms with Crippen molar-refractivity contribution in [3.63, 3.8) is 0 Å². The highest BCUT2D eigenvalue weighted by Crippen LogP contribution is 2.34. The smallest absolute Gasteiger partial charge is 0.130 e. The van der Waals surface area contributed by atoms with E-state index in [1.165, 1.54) is 12.1 Å². The monoisotopic (exact) mass is 334 g/mol. The molecule has 0 N–H and O–H groups in total. The maximum Gasteiger partial charge on any atom is 0.130 e. The summed E-state index contributed by atoms with van der Waals surface area (Å²) in [6.45, 7) is 2.11. The second-order valence-corrected chi connectivity index (χ2v) is 5.64. The van der Waals surface area contributed by atoms with Crippen LogP contribution in [0.2, 0.25) is 0 Å². The molecule has 0 fully saturated rings. The summed E-state index contributed by atoms with van der Waals surface area (Å²) >= 11 is 1.92. The van der Waals surface area contributed by atoms with Gasteiger partial charge in [0, 0.05) is 15.1 Å². The average molecular weight is 334 g/mol. The Bertz CT molecular complexity index is 403. The molecular weight excluding hydrogens is 321 g/mol. The van der Waals surface area contributed by atoms with Crippen molar-refractivity contribution in [2.24, 2.45) is 5.92 Å². The van der Waals surface area contributed by atoms with E-state index in [0.29, 0.717) is 9.49 Å². The molecule has 16 heavy (non-hydrogen) atoms. The van der Waals surface area contributed by atoms with Crippen LogP contribution in [0.25, 0.3) is 0 Å². The topological polar surface area (TPSA) is 0 Å². The highest BCUT2D eigenvalue weighted by atomic mass is 127. The molecule has 86 valence electrons. The van der Waals surface area contributed by atoms with Gasteiger partial charge >= 0.3 is 0 Å². The largest absolute Gasteiger partial charge is 0.207 e. The van der Waals surface area contributed by atoms with Gasteiger partial charge in [0.1, 0.15) is 11.6 Å². The summed E-state index contributed by atoms with van der Waals surface area (Å²) in [5.74, 6) is -0.463. The molecule has 1 aromatic rings. The number of halogens is 3. The zero-order valence-electron chi connectivity index (χ0n) is 9.01. The zero-order valence-corrected chi connectivity index (χ0v) is 11.2. The summed E-state index contributed by atoms with van der Waals surface area (Å²) in [6.07, 6.45) is 5.78. The van der Waals surface area contributed by atoms with Crippen LogP contribution >= 0.6 is 22.6 Å². The van der Waals surface area contributed by atoms with Crippen LogP contribution in [-0.2, 0) is 0 Å². The van der Waals surface area contributed by atoms with Gasteiger partial charge in [-0.1, -0.05) is 19.1 Å². The summed E-state index contributed by atoms with van der Waals surface area (Å²) in [7, 11) is 0. The van der Waals surface area contributed by atoms with E-state index in [-0.39, 0.29) is 11.5 Å². The van der Waals surface area contributed by atoms with E-state index in [0.717, 1.165) is 12.8 Å². The Labute approximate surface area is 108 Å². The highest BCUT2D eigenvalue weighted by molar-refractivity contribution is 14.1. The standard InChI is InChI=1S/C13H13F2I/c1-8-3-2-4-9(5-8)13-11(14)6-10(16)7-12(13)15/h2,4,6-9H,3,5H2,1H3. The minimum absolute atomic E-state index is 0.110. The number of hydrogen-bond donors (Lipinski definition) is 0. The van der Waals surface area contributed by atoms with E-state index < -0.39 is 11.6 Å². The van der Waals surface area contributed by atoms with Gasteiger partial charge in [0.2, 0.25) is 0 Å². The van der Waals surface area contributed by atoms with Gasteiger partial charge in [0.25, 0.3) is 0 Å². The summed E-state index contributed by atoms with van der Waals surface area (Å²) in [5.41, 5.74) is 0.225. The Morgan fingerprint density at radius 3 is 2.44 bits per heavy atom. The first kappa shape index (κ1) is 12.0. The summed E-state index contributed by atoms with van der Waals surface area (Å²) < 4.78 is 28.1. The molecule has 1 aromatic carbocycles. The van der Waals surface area contributed by atoms with Crippen LogP contribution in [0.1, 0.15) is 31.2 Å². The number of rotatable bonds is 1. The van der Waals surface area contributed by atoms with Crippen LogP contribution in [0, 0.1) is 21.1 Å². The third-order valence-electron chi connectivity index (χ3n) is 2.98. The van der Waals surface area contributed by atoms with Crippen LogP contribution < -0.4 is 0 Å². The number of benzene rings is 1. The Morgan fingerprint density at radius 1 is 1.25 bits per heavy atom. The lowest BCUT2D eigenvalue weighted by molar-refractivity contribution is 0.458. The third-order valence-corrected chi connectivity index (χ3v) is 3.60. The molecule has 0 amide bonds. The van der Waals surface area contributed by atoms with E-state index in [1.54, 1.807) is 0 Å². The zero-order chi connectivity index (χ0) is 11.7. The molecule has 0 heterocycles. The molecule has 2 atom stereocenters. The Kier molecular flexibility index (Phi) is 3.62. The number of allylic oxidation sites excluding steroid dienone is 2. The molecule has 1 aliphatic carbocycles. The fourth-order valence-electron chi connectivity index (χ4n) is 2.21. The molecule has 0 radical (unpaired) electrons. The summed E-state index contributed by atoms with van der Waals surface area (Å²) in [5, 5.41) is 0. The maximum absolute atomic E-state index is 13.7.